The summed E-state index contributed by atoms with van der Waals surface area (Å²) in [7, 11) is 2.06. The van der Waals surface area contributed by atoms with Gasteiger partial charge in [-0.05, 0) is 49.4 Å². The molecule has 3 rings (SSSR count). The number of carbonyl (C=O) groups is 2. The van der Waals surface area contributed by atoms with Crippen molar-refractivity contribution in [3.63, 3.8) is 0 Å². The normalized spacial score (nSPS) is 14.8. The second-order valence-electron chi connectivity index (χ2n) is 6.97. The largest absolute Gasteiger partial charge is 0.399 e. The van der Waals surface area contributed by atoms with Crippen molar-refractivity contribution >= 4 is 23.2 Å². The molecule has 0 unspecified atom stereocenters. The van der Waals surface area contributed by atoms with Gasteiger partial charge in [0.25, 0.3) is 5.91 Å². The van der Waals surface area contributed by atoms with Crippen molar-refractivity contribution in [2.45, 2.75) is 12.8 Å². The summed E-state index contributed by atoms with van der Waals surface area (Å²) in [6.07, 6.45) is 0.983. The molecule has 1 aliphatic heterocycles. The Hall–Kier alpha value is -2.86. The molecule has 1 heterocycles. The fraction of sp³-hybridized carbons (Fsp3) is 0.333. The molecule has 0 saturated carbocycles. The molecule has 0 radical (unpaired) electrons. The van der Waals surface area contributed by atoms with Crippen molar-refractivity contribution in [1.29, 1.82) is 0 Å². The first-order valence-electron chi connectivity index (χ1n) is 9.23. The van der Waals surface area contributed by atoms with Crippen molar-refractivity contribution in [1.82, 2.24) is 9.80 Å². The Kier molecular flexibility index (Phi) is 6.08. The Morgan fingerprint density at radius 3 is 2.52 bits per heavy atom. The van der Waals surface area contributed by atoms with Crippen LogP contribution in [-0.4, -0.2) is 54.8 Å². The summed E-state index contributed by atoms with van der Waals surface area (Å²) >= 11 is 0. The monoisotopic (exact) mass is 366 g/mol. The molecule has 6 nitrogen and oxygen atoms in total. The lowest BCUT2D eigenvalue weighted by atomic mass is 10.1. The van der Waals surface area contributed by atoms with Crippen LogP contribution in [0.25, 0.3) is 0 Å². The van der Waals surface area contributed by atoms with Crippen molar-refractivity contribution in [2.24, 2.45) is 0 Å². The fourth-order valence-corrected chi connectivity index (χ4v) is 3.15. The zero-order valence-corrected chi connectivity index (χ0v) is 15.6. The SMILES string of the molecule is CN1CCN(C(=O)c2cccc(NC(=O)CCc3cccc(N)c3)c2)CC1. The zero-order valence-electron chi connectivity index (χ0n) is 15.6. The van der Waals surface area contributed by atoms with Gasteiger partial charge < -0.3 is 20.9 Å². The number of nitrogens with zero attached hydrogens (tertiary/aromatic N) is 2. The van der Waals surface area contributed by atoms with E-state index in [9.17, 15) is 9.59 Å². The second kappa shape index (κ2) is 8.68. The van der Waals surface area contributed by atoms with Crippen molar-refractivity contribution in [3.05, 3.63) is 59.7 Å². The first kappa shape index (κ1) is 18.9. The van der Waals surface area contributed by atoms with Gasteiger partial charge in [-0.25, -0.2) is 0 Å². The Balaban J connectivity index is 1.56. The maximum absolute atomic E-state index is 12.7. The van der Waals surface area contributed by atoms with Crippen LogP contribution in [0.1, 0.15) is 22.3 Å². The van der Waals surface area contributed by atoms with Gasteiger partial charge in [-0.3, -0.25) is 9.59 Å². The molecule has 2 aromatic carbocycles. The van der Waals surface area contributed by atoms with Gasteiger partial charge in [0.1, 0.15) is 0 Å². The highest BCUT2D eigenvalue weighted by atomic mass is 16.2. The number of hydrogen-bond acceptors (Lipinski definition) is 4. The number of aryl methyl sites for hydroxylation is 1. The average molecular weight is 366 g/mol. The number of carbonyl (C=O) groups excluding carboxylic acids is 2. The number of nitrogen functional groups attached to an aromatic ring is 1. The Morgan fingerprint density at radius 1 is 1.04 bits per heavy atom. The van der Waals surface area contributed by atoms with Gasteiger partial charge in [0, 0.05) is 49.5 Å². The Labute approximate surface area is 159 Å². The number of hydrogen-bond donors (Lipinski definition) is 2. The van der Waals surface area contributed by atoms with Crippen LogP contribution in [-0.2, 0) is 11.2 Å². The number of amides is 2. The lowest BCUT2D eigenvalue weighted by molar-refractivity contribution is -0.116. The fourth-order valence-electron chi connectivity index (χ4n) is 3.15. The number of nitrogens with one attached hydrogen (secondary N) is 1. The molecule has 1 aliphatic rings. The van der Waals surface area contributed by atoms with Crippen molar-refractivity contribution < 1.29 is 9.59 Å². The van der Waals surface area contributed by atoms with Gasteiger partial charge in [-0.1, -0.05) is 18.2 Å². The minimum absolute atomic E-state index is 0.0129. The number of anilines is 2. The van der Waals surface area contributed by atoms with Crippen LogP contribution in [0, 0.1) is 0 Å². The van der Waals surface area contributed by atoms with E-state index in [2.05, 4.69) is 17.3 Å². The lowest BCUT2D eigenvalue weighted by Crippen LogP contribution is -2.47. The summed E-state index contributed by atoms with van der Waals surface area (Å²) < 4.78 is 0. The summed E-state index contributed by atoms with van der Waals surface area (Å²) in [5.41, 5.74) is 8.74. The van der Waals surface area contributed by atoms with Gasteiger partial charge in [-0.2, -0.15) is 0 Å². The van der Waals surface area contributed by atoms with Crippen molar-refractivity contribution in [3.8, 4) is 0 Å². The number of nitrogens with two attached hydrogens (primary N) is 1. The average Bonchev–Trinajstić information content (AvgIpc) is 2.67. The molecule has 1 saturated heterocycles. The summed E-state index contributed by atoms with van der Waals surface area (Å²) in [4.78, 5) is 29.0. The minimum Gasteiger partial charge on any atom is -0.399 e. The van der Waals surface area contributed by atoms with Gasteiger partial charge in [0.15, 0.2) is 0 Å². The van der Waals surface area contributed by atoms with E-state index in [4.69, 9.17) is 5.73 Å². The topological polar surface area (TPSA) is 78.7 Å². The van der Waals surface area contributed by atoms with Crippen LogP contribution >= 0.6 is 0 Å². The van der Waals surface area contributed by atoms with Crippen LogP contribution in [0.2, 0.25) is 0 Å². The van der Waals surface area contributed by atoms with E-state index >= 15 is 0 Å². The molecule has 0 aromatic heterocycles. The molecule has 0 bridgehead atoms. The van der Waals surface area contributed by atoms with E-state index in [0.29, 0.717) is 29.8 Å². The molecular formula is C21H26N4O2. The van der Waals surface area contributed by atoms with Crippen LogP contribution in [0.5, 0.6) is 0 Å². The zero-order chi connectivity index (χ0) is 19.2. The number of rotatable bonds is 5. The molecular weight excluding hydrogens is 340 g/mol. The highest BCUT2D eigenvalue weighted by Gasteiger charge is 2.20. The van der Waals surface area contributed by atoms with E-state index in [1.807, 2.05) is 29.2 Å². The molecule has 0 atom stereocenters. The van der Waals surface area contributed by atoms with Gasteiger partial charge in [0.05, 0.1) is 0 Å². The molecule has 3 N–H and O–H groups in total. The third kappa shape index (κ3) is 5.31. The quantitative estimate of drug-likeness (QED) is 0.796. The van der Waals surface area contributed by atoms with Crippen LogP contribution in [0.4, 0.5) is 11.4 Å². The lowest BCUT2D eigenvalue weighted by Gasteiger charge is -2.32. The highest BCUT2D eigenvalue weighted by Crippen LogP contribution is 2.15. The number of benzene rings is 2. The smallest absolute Gasteiger partial charge is 0.254 e. The van der Waals surface area contributed by atoms with Gasteiger partial charge in [-0.15, -0.1) is 0 Å². The van der Waals surface area contributed by atoms with Crippen molar-refractivity contribution in [2.75, 3.05) is 44.3 Å². The predicted molar refractivity (Wildman–Crippen MR) is 108 cm³/mol. The number of piperazine rings is 1. The number of likely N-dealkylation sites (N-methyl/N-ethyl adjacent to an activating group) is 1. The first-order chi connectivity index (χ1) is 13.0. The minimum atomic E-state index is -0.0818. The molecule has 2 aromatic rings. The van der Waals surface area contributed by atoms with Crippen LogP contribution in [0.3, 0.4) is 0 Å². The third-order valence-corrected chi connectivity index (χ3v) is 4.78. The maximum atomic E-state index is 12.7. The highest BCUT2D eigenvalue weighted by molar-refractivity contribution is 5.97. The Morgan fingerprint density at radius 2 is 1.78 bits per heavy atom. The third-order valence-electron chi connectivity index (χ3n) is 4.78. The van der Waals surface area contributed by atoms with Gasteiger partial charge >= 0.3 is 0 Å². The standard InChI is InChI=1S/C21H26N4O2/c1-24-10-12-25(13-11-24)21(27)17-5-3-7-19(15-17)23-20(26)9-8-16-4-2-6-18(22)14-16/h2-7,14-15H,8-13,22H2,1H3,(H,23,26). The van der Waals surface area contributed by atoms with Crippen LogP contribution in [0.15, 0.2) is 48.5 Å². The molecule has 2 amide bonds. The molecule has 1 fully saturated rings. The molecule has 142 valence electrons. The summed E-state index contributed by atoms with van der Waals surface area (Å²) in [6.45, 7) is 3.22. The second-order valence-corrected chi connectivity index (χ2v) is 6.97. The van der Waals surface area contributed by atoms with Gasteiger partial charge in [0.2, 0.25) is 5.91 Å². The summed E-state index contributed by atoms with van der Waals surface area (Å²) in [6, 6.07) is 14.7. The Bertz CT molecular complexity index is 813. The summed E-state index contributed by atoms with van der Waals surface area (Å²) in [5, 5.41) is 2.88. The van der Waals surface area contributed by atoms with E-state index in [-0.39, 0.29) is 11.8 Å². The van der Waals surface area contributed by atoms with E-state index in [1.54, 1.807) is 24.3 Å². The maximum Gasteiger partial charge on any atom is 0.254 e. The predicted octanol–water partition coefficient (Wildman–Crippen LogP) is 2.23. The molecule has 0 aliphatic carbocycles. The van der Waals surface area contributed by atoms with E-state index in [1.165, 1.54) is 0 Å². The summed E-state index contributed by atoms with van der Waals surface area (Å²) in [5.74, 6) is -0.0689. The molecule has 6 heteroatoms. The molecule has 0 spiro atoms. The molecule has 27 heavy (non-hydrogen) atoms. The first-order valence-corrected chi connectivity index (χ1v) is 9.23. The van der Waals surface area contributed by atoms with Crippen LogP contribution < -0.4 is 11.1 Å². The van der Waals surface area contributed by atoms with E-state index < -0.39 is 0 Å². The van der Waals surface area contributed by atoms with E-state index in [0.717, 1.165) is 31.7 Å².